The predicted octanol–water partition coefficient (Wildman–Crippen LogP) is 1.90. The molecule has 1 aromatic carbocycles. The summed E-state index contributed by atoms with van der Waals surface area (Å²) in [5, 5.41) is 10.8. The van der Waals surface area contributed by atoms with Crippen LogP contribution < -0.4 is 0 Å². The number of likely N-dealkylation sites (N-methyl/N-ethyl adjacent to an activating group) is 1. The molecule has 6 nitrogen and oxygen atoms in total. The minimum atomic E-state index is -0.930. The van der Waals surface area contributed by atoms with Gasteiger partial charge in [-0.05, 0) is 39.1 Å². The van der Waals surface area contributed by atoms with Crippen molar-refractivity contribution in [2.45, 2.75) is 19.4 Å². The van der Waals surface area contributed by atoms with Crippen molar-refractivity contribution in [1.82, 2.24) is 9.80 Å². The van der Waals surface area contributed by atoms with Crippen LogP contribution in [0.4, 0.5) is 10.1 Å². The molecule has 114 valence electrons. The Morgan fingerprint density at radius 2 is 2.14 bits per heavy atom. The average Bonchev–Trinajstić information content (AvgIpc) is 2.58. The van der Waals surface area contributed by atoms with Crippen LogP contribution in [-0.4, -0.2) is 53.4 Å². The van der Waals surface area contributed by atoms with Crippen LogP contribution in [-0.2, 0) is 0 Å². The summed E-state index contributed by atoms with van der Waals surface area (Å²) in [6, 6.07) is 3.29. The van der Waals surface area contributed by atoms with Crippen LogP contribution in [0.5, 0.6) is 0 Å². The normalized spacial score (nSPS) is 20.1. The van der Waals surface area contributed by atoms with Crippen molar-refractivity contribution in [3.05, 3.63) is 39.7 Å². The van der Waals surface area contributed by atoms with Crippen molar-refractivity contribution in [2.24, 2.45) is 0 Å². The van der Waals surface area contributed by atoms with Crippen molar-refractivity contribution in [2.75, 3.05) is 26.7 Å². The Morgan fingerprint density at radius 1 is 1.43 bits per heavy atom. The van der Waals surface area contributed by atoms with Crippen LogP contribution in [0.1, 0.15) is 23.7 Å². The second-order valence-electron chi connectivity index (χ2n) is 5.39. The van der Waals surface area contributed by atoms with E-state index < -0.39 is 16.4 Å². The third-order valence-electron chi connectivity index (χ3n) is 3.70. The van der Waals surface area contributed by atoms with Gasteiger partial charge in [0.15, 0.2) is 0 Å². The zero-order chi connectivity index (χ0) is 15.6. The van der Waals surface area contributed by atoms with Gasteiger partial charge in [-0.15, -0.1) is 0 Å². The van der Waals surface area contributed by atoms with Crippen LogP contribution in [0, 0.1) is 15.9 Å². The van der Waals surface area contributed by atoms with Gasteiger partial charge in [0.25, 0.3) is 5.91 Å². The van der Waals surface area contributed by atoms with Gasteiger partial charge in [-0.2, -0.15) is 4.39 Å². The van der Waals surface area contributed by atoms with E-state index in [0.29, 0.717) is 6.54 Å². The molecule has 1 aromatic rings. The Bertz CT molecular complexity index is 564. The SMILES string of the molecule is CC1CN(C)CCCN1C(=O)c1ccc(F)c([N+](=O)[O-])c1. The van der Waals surface area contributed by atoms with Crippen molar-refractivity contribution in [3.8, 4) is 0 Å². The summed E-state index contributed by atoms with van der Waals surface area (Å²) in [7, 11) is 1.99. The standard InChI is InChI=1S/C14H18FN3O3/c1-10-9-16(2)6-3-7-17(10)14(19)11-4-5-12(15)13(8-11)18(20)21/h4-5,8,10H,3,6-7,9H2,1-2H3. The Morgan fingerprint density at radius 3 is 2.81 bits per heavy atom. The summed E-state index contributed by atoms with van der Waals surface area (Å²) in [6.07, 6.45) is 0.843. The van der Waals surface area contributed by atoms with Gasteiger partial charge in [0.2, 0.25) is 5.82 Å². The molecule has 7 heteroatoms. The van der Waals surface area contributed by atoms with Crippen molar-refractivity contribution < 1.29 is 14.1 Å². The molecule has 1 aliphatic rings. The summed E-state index contributed by atoms with van der Waals surface area (Å²) < 4.78 is 13.3. The van der Waals surface area contributed by atoms with Gasteiger partial charge < -0.3 is 9.80 Å². The largest absolute Gasteiger partial charge is 0.335 e. The molecular formula is C14H18FN3O3. The molecule has 0 spiro atoms. The second-order valence-corrected chi connectivity index (χ2v) is 5.39. The molecule has 0 N–H and O–H groups in total. The fraction of sp³-hybridized carbons (Fsp3) is 0.500. The zero-order valence-electron chi connectivity index (χ0n) is 12.1. The fourth-order valence-electron chi connectivity index (χ4n) is 2.63. The van der Waals surface area contributed by atoms with E-state index in [4.69, 9.17) is 0 Å². The molecule has 1 heterocycles. The maximum atomic E-state index is 13.3. The minimum Gasteiger partial charge on any atom is -0.335 e. The van der Waals surface area contributed by atoms with E-state index in [0.717, 1.165) is 31.6 Å². The Balaban J connectivity index is 2.27. The average molecular weight is 295 g/mol. The van der Waals surface area contributed by atoms with E-state index in [-0.39, 0.29) is 17.5 Å². The maximum absolute atomic E-state index is 13.3. The van der Waals surface area contributed by atoms with Crippen LogP contribution >= 0.6 is 0 Å². The van der Waals surface area contributed by atoms with Crippen LogP contribution in [0.3, 0.4) is 0 Å². The first-order valence-electron chi connectivity index (χ1n) is 6.83. The first-order valence-corrected chi connectivity index (χ1v) is 6.83. The lowest BCUT2D eigenvalue weighted by Gasteiger charge is -2.28. The molecule has 2 rings (SSSR count). The number of carbonyl (C=O) groups is 1. The molecule has 1 unspecified atom stereocenters. The summed E-state index contributed by atoms with van der Waals surface area (Å²) >= 11 is 0. The molecule has 21 heavy (non-hydrogen) atoms. The number of halogens is 1. The first kappa shape index (κ1) is 15.4. The third-order valence-corrected chi connectivity index (χ3v) is 3.70. The van der Waals surface area contributed by atoms with E-state index >= 15 is 0 Å². The molecule has 1 saturated heterocycles. The van der Waals surface area contributed by atoms with Gasteiger partial charge in [0.05, 0.1) is 4.92 Å². The number of hydrogen-bond acceptors (Lipinski definition) is 4. The van der Waals surface area contributed by atoms with Gasteiger partial charge in [0, 0.05) is 30.8 Å². The lowest BCUT2D eigenvalue weighted by atomic mass is 10.1. The lowest BCUT2D eigenvalue weighted by Crippen LogP contribution is -2.42. The van der Waals surface area contributed by atoms with Crippen molar-refractivity contribution >= 4 is 11.6 Å². The number of hydrogen-bond donors (Lipinski definition) is 0. The van der Waals surface area contributed by atoms with E-state index in [9.17, 15) is 19.3 Å². The number of nitrogens with zero attached hydrogens (tertiary/aromatic N) is 3. The number of nitro groups is 1. The highest BCUT2D eigenvalue weighted by Gasteiger charge is 2.26. The molecule has 1 amide bonds. The summed E-state index contributed by atoms with van der Waals surface area (Å²) in [5.41, 5.74) is -0.514. The molecule has 0 bridgehead atoms. The van der Waals surface area contributed by atoms with E-state index in [1.54, 1.807) is 4.90 Å². The molecule has 0 radical (unpaired) electrons. The molecular weight excluding hydrogens is 277 g/mol. The molecule has 0 aromatic heterocycles. The highest BCUT2D eigenvalue weighted by Crippen LogP contribution is 2.21. The summed E-state index contributed by atoms with van der Waals surface area (Å²) in [6.45, 7) is 4.18. The van der Waals surface area contributed by atoms with Crippen LogP contribution in [0.15, 0.2) is 18.2 Å². The van der Waals surface area contributed by atoms with Gasteiger partial charge in [-0.1, -0.05) is 0 Å². The minimum absolute atomic E-state index is 0.00843. The van der Waals surface area contributed by atoms with Gasteiger partial charge >= 0.3 is 5.69 Å². The van der Waals surface area contributed by atoms with Gasteiger partial charge in [-0.3, -0.25) is 14.9 Å². The third kappa shape index (κ3) is 3.36. The lowest BCUT2D eigenvalue weighted by molar-refractivity contribution is -0.387. The number of carbonyl (C=O) groups excluding carboxylic acids is 1. The van der Waals surface area contributed by atoms with E-state index in [1.165, 1.54) is 6.07 Å². The Hall–Kier alpha value is -2.02. The van der Waals surface area contributed by atoms with E-state index in [1.807, 2.05) is 14.0 Å². The van der Waals surface area contributed by atoms with Crippen molar-refractivity contribution in [3.63, 3.8) is 0 Å². The topological polar surface area (TPSA) is 66.7 Å². The molecule has 0 saturated carbocycles. The summed E-state index contributed by atoms with van der Waals surface area (Å²) in [4.78, 5) is 26.3. The highest BCUT2D eigenvalue weighted by atomic mass is 19.1. The monoisotopic (exact) mass is 295 g/mol. The fourth-order valence-corrected chi connectivity index (χ4v) is 2.63. The van der Waals surface area contributed by atoms with Crippen LogP contribution in [0.2, 0.25) is 0 Å². The molecule has 1 aliphatic heterocycles. The van der Waals surface area contributed by atoms with Gasteiger partial charge in [-0.25, -0.2) is 0 Å². The van der Waals surface area contributed by atoms with Crippen LogP contribution in [0.25, 0.3) is 0 Å². The first-order chi connectivity index (χ1) is 9.90. The quantitative estimate of drug-likeness (QED) is 0.617. The molecule has 1 fully saturated rings. The van der Waals surface area contributed by atoms with Crippen molar-refractivity contribution in [1.29, 1.82) is 0 Å². The number of benzene rings is 1. The summed E-state index contributed by atoms with van der Waals surface area (Å²) in [5.74, 6) is -1.22. The Labute approximate surface area is 122 Å². The smallest absolute Gasteiger partial charge is 0.305 e. The molecule has 0 aliphatic carbocycles. The Kier molecular flexibility index (Phi) is 4.52. The number of rotatable bonds is 2. The molecule has 1 atom stereocenters. The second kappa shape index (κ2) is 6.17. The predicted molar refractivity (Wildman–Crippen MR) is 75.7 cm³/mol. The maximum Gasteiger partial charge on any atom is 0.305 e. The van der Waals surface area contributed by atoms with Gasteiger partial charge in [0.1, 0.15) is 0 Å². The van der Waals surface area contributed by atoms with E-state index in [2.05, 4.69) is 4.90 Å². The zero-order valence-corrected chi connectivity index (χ0v) is 12.1. The highest BCUT2D eigenvalue weighted by molar-refractivity contribution is 5.95. The number of nitro benzene ring substituents is 1. The number of amides is 1.